The van der Waals surface area contributed by atoms with E-state index in [0.717, 1.165) is 39.0 Å². The SMILES string of the molecule is CCN1CCC(CNC(=O)NCCCC(C)C(=O)O)CC1. The third kappa shape index (κ3) is 7.32. The lowest BCUT2D eigenvalue weighted by Crippen LogP contribution is -2.42. The fourth-order valence-electron chi connectivity index (χ4n) is 2.54. The van der Waals surface area contributed by atoms with Crippen LogP contribution in [0.3, 0.4) is 0 Å². The molecule has 2 amide bonds. The number of nitrogens with one attached hydrogen (secondary N) is 2. The first-order valence-corrected chi connectivity index (χ1v) is 7.99. The van der Waals surface area contributed by atoms with Gasteiger partial charge < -0.3 is 20.6 Å². The monoisotopic (exact) mass is 299 g/mol. The minimum atomic E-state index is -0.780. The van der Waals surface area contributed by atoms with Crippen LogP contribution in [0.2, 0.25) is 0 Å². The van der Waals surface area contributed by atoms with Gasteiger partial charge in [-0.1, -0.05) is 13.8 Å². The number of carboxylic acids is 1. The predicted molar refractivity (Wildman–Crippen MR) is 82.3 cm³/mol. The Morgan fingerprint density at radius 3 is 2.52 bits per heavy atom. The van der Waals surface area contributed by atoms with E-state index >= 15 is 0 Å². The van der Waals surface area contributed by atoms with Crippen LogP contribution in [-0.2, 0) is 4.79 Å². The Balaban J connectivity index is 2.03. The summed E-state index contributed by atoms with van der Waals surface area (Å²) in [5, 5.41) is 14.4. The highest BCUT2D eigenvalue weighted by Crippen LogP contribution is 2.15. The lowest BCUT2D eigenvalue weighted by molar-refractivity contribution is -0.141. The molecule has 1 aliphatic heterocycles. The molecule has 1 rings (SSSR count). The zero-order valence-corrected chi connectivity index (χ0v) is 13.2. The number of aliphatic carboxylic acids is 1. The first-order valence-electron chi connectivity index (χ1n) is 7.99. The maximum absolute atomic E-state index is 11.6. The number of nitrogens with zero attached hydrogens (tertiary/aromatic N) is 1. The number of likely N-dealkylation sites (tertiary alicyclic amines) is 1. The zero-order valence-electron chi connectivity index (χ0n) is 13.2. The van der Waals surface area contributed by atoms with Crippen molar-refractivity contribution in [2.24, 2.45) is 11.8 Å². The Hall–Kier alpha value is -1.30. The number of rotatable bonds is 8. The van der Waals surface area contributed by atoms with Gasteiger partial charge in [-0.3, -0.25) is 4.79 Å². The number of hydrogen-bond acceptors (Lipinski definition) is 3. The number of carbonyl (C=O) groups is 2. The number of urea groups is 1. The third-order valence-corrected chi connectivity index (χ3v) is 4.23. The molecule has 6 nitrogen and oxygen atoms in total. The van der Waals surface area contributed by atoms with Crippen LogP contribution < -0.4 is 10.6 Å². The predicted octanol–water partition coefficient (Wildman–Crippen LogP) is 1.52. The summed E-state index contributed by atoms with van der Waals surface area (Å²) in [5.74, 6) is -0.554. The normalized spacial score (nSPS) is 18.2. The fourth-order valence-corrected chi connectivity index (χ4v) is 2.54. The molecule has 1 atom stereocenters. The van der Waals surface area contributed by atoms with Crippen LogP contribution in [0.25, 0.3) is 0 Å². The average Bonchev–Trinajstić information content (AvgIpc) is 2.49. The summed E-state index contributed by atoms with van der Waals surface area (Å²) in [7, 11) is 0. The largest absolute Gasteiger partial charge is 0.481 e. The van der Waals surface area contributed by atoms with Gasteiger partial charge in [0.05, 0.1) is 5.92 Å². The second kappa shape index (κ2) is 9.60. The lowest BCUT2D eigenvalue weighted by Gasteiger charge is -2.31. The molecular weight excluding hydrogens is 270 g/mol. The van der Waals surface area contributed by atoms with Crippen molar-refractivity contribution in [1.82, 2.24) is 15.5 Å². The Kier molecular flexibility index (Phi) is 8.12. The van der Waals surface area contributed by atoms with Crippen molar-refractivity contribution in [2.75, 3.05) is 32.7 Å². The Labute approximate surface area is 127 Å². The maximum atomic E-state index is 11.6. The molecule has 21 heavy (non-hydrogen) atoms. The van der Waals surface area contributed by atoms with Gasteiger partial charge in [0.2, 0.25) is 0 Å². The topological polar surface area (TPSA) is 81.7 Å². The van der Waals surface area contributed by atoms with E-state index in [1.807, 2.05) is 0 Å². The van der Waals surface area contributed by atoms with E-state index in [1.54, 1.807) is 6.92 Å². The van der Waals surface area contributed by atoms with E-state index in [0.29, 0.717) is 25.3 Å². The maximum Gasteiger partial charge on any atom is 0.314 e. The molecule has 3 N–H and O–H groups in total. The lowest BCUT2D eigenvalue weighted by atomic mass is 9.97. The van der Waals surface area contributed by atoms with Crippen LogP contribution >= 0.6 is 0 Å². The molecule has 0 aromatic heterocycles. The number of piperidine rings is 1. The van der Waals surface area contributed by atoms with Gasteiger partial charge in [-0.05, 0) is 51.2 Å². The Morgan fingerprint density at radius 2 is 1.95 bits per heavy atom. The van der Waals surface area contributed by atoms with Crippen molar-refractivity contribution in [1.29, 1.82) is 0 Å². The highest BCUT2D eigenvalue weighted by Gasteiger charge is 2.18. The van der Waals surface area contributed by atoms with E-state index < -0.39 is 5.97 Å². The summed E-state index contributed by atoms with van der Waals surface area (Å²) in [6.45, 7) is 8.47. The zero-order chi connectivity index (χ0) is 15.7. The quantitative estimate of drug-likeness (QED) is 0.594. The standard InChI is InChI=1S/C15H29N3O3/c1-3-18-9-6-13(7-10-18)11-17-15(21)16-8-4-5-12(2)14(19)20/h12-13H,3-11H2,1-2H3,(H,19,20)(H2,16,17,21). The van der Waals surface area contributed by atoms with Gasteiger partial charge in [0, 0.05) is 13.1 Å². The molecule has 1 aliphatic rings. The van der Waals surface area contributed by atoms with E-state index in [-0.39, 0.29) is 11.9 Å². The van der Waals surface area contributed by atoms with Gasteiger partial charge in [-0.15, -0.1) is 0 Å². The highest BCUT2D eigenvalue weighted by molar-refractivity contribution is 5.73. The second-order valence-corrected chi connectivity index (χ2v) is 5.90. The molecule has 0 radical (unpaired) electrons. The van der Waals surface area contributed by atoms with E-state index in [2.05, 4.69) is 22.5 Å². The van der Waals surface area contributed by atoms with Gasteiger partial charge in [0.15, 0.2) is 0 Å². The summed E-state index contributed by atoms with van der Waals surface area (Å²) >= 11 is 0. The van der Waals surface area contributed by atoms with Gasteiger partial charge in [0.1, 0.15) is 0 Å². The first-order chi connectivity index (χ1) is 10.0. The molecule has 0 aliphatic carbocycles. The summed E-state index contributed by atoms with van der Waals surface area (Å²) in [5.41, 5.74) is 0. The molecule has 0 spiro atoms. The van der Waals surface area contributed by atoms with Gasteiger partial charge >= 0.3 is 12.0 Å². The van der Waals surface area contributed by atoms with Crippen LogP contribution in [0, 0.1) is 11.8 Å². The van der Waals surface area contributed by atoms with Crippen LogP contribution in [0.1, 0.15) is 39.5 Å². The molecule has 6 heteroatoms. The number of carbonyl (C=O) groups excluding carboxylic acids is 1. The number of carboxylic acid groups (broad SMARTS) is 1. The van der Waals surface area contributed by atoms with Crippen LogP contribution in [-0.4, -0.2) is 54.7 Å². The molecule has 0 aromatic carbocycles. The molecular formula is C15H29N3O3. The van der Waals surface area contributed by atoms with Crippen LogP contribution in [0.15, 0.2) is 0 Å². The Bertz CT molecular complexity index is 328. The molecule has 1 unspecified atom stereocenters. The third-order valence-electron chi connectivity index (χ3n) is 4.23. The van der Waals surface area contributed by atoms with Crippen molar-refractivity contribution in [2.45, 2.75) is 39.5 Å². The van der Waals surface area contributed by atoms with Gasteiger partial charge in [0.25, 0.3) is 0 Å². The van der Waals surface area contributed by atoms with E-state index in [4.69, 9.17) is 5.11 Å². The summed E-state index contributed by atoms with van der Waals surface area (Å²) in [6, 6.07) is -0.143. The molecule has 1 heterocycles. The van der Waals surface area contributed by atoms with Crippen molar-refractivity contribution in [3.63, 3.8) is 0 Å². The average molecular weight is 299 g/mol. The summed E-state index contributed by atoms with van der Waals surface area (Å²) in [4.78, 5) is 24.7. The molecule has 0 saturated carbocycles. The summed E-state index contributed by atoms with van der Waals surface area (Å²) < 4.78 is 0. The fraction of sp³-hybridized carbons (Fsp3) is 0.867. The highest BCUT2D eigenvalue weighted by atomic mass is 16.4. The van der Waals surface area contributed by atoms with Crippen molar-refractivity contribution < 1.29 is 14.7 Å². The molecule has 122 valence electrons. The van der Waals surface area contributed by atoms with Crippen molar-refractivity contribution in [3.8, 4) is 0 Å². The van der Waals surface area contributed by atoms with Crippen LogP contribution in [0.5, 0.6) is 0 Å². The first kappa shape index (κ1) is 17.8. The van der Waals surface area contributed by atoms with Crippen LogP contribution in [0.4, 0.5) is 4.79 Å². The van der Waals surface area contributed by atoms with Crippen molar-refractivity contribution >= 4 is 12.0 Å². The minimum absolute atomic E-state index is 0.143. The molecule has 1 fully saturated rings. The summed E-state index contributed by atoms with van der Waals surface area (Å²) in [6.07, 6.45) is 3.56. The number of amides is 2. The molecule has 1 saturated heterocycles. The van der Waals surface area contributed by atoms with Gasteiger partial charge in [-0.25, -0.2) is 4.79 Å². The Morgan fingerprint density at radius 1 is 1.29 bits per heavy atom. The second-order valence-electron chi connectivity index (χ2n) is 5.90. The van der Waals surface area contributed by atoms with Crippen molar-refractivity contribution in [3.05, 3.63) is 0 Å². The molecule has 0 aromatic rings. The molecule has 0 bridgehead atoms. The minimum Gasteiger partial charge on any atom is -0.481 e. The smallest absolute Gasteiger partial charge is 0.314 e. The number of hydrogen-bond donors (Lipinski definition) is 3. The van der Waals surface area contributed by atoms with E-state index in [1.165, 1.54) is 0 Å². The van der Waals surface area contributed by atoms with E-state index in [9.17, 15) is 9.59 Å². The van der Waals surface area contributed by atoms with Gasteiger partial charge in [-0.2, -0.15) is 0 Å².